The predicted molar refractivity (Wildman–Crippen MR) is 85.6 cm³/mol. The second-order valence-electron chi connectivity index (χ2n) is 6.67. The van der Waals surface area contributed by atoms with Crippen LogP contribution in [-0.4, -0.2) is 27.0 Å². The van der Waals surface area contributed by atoms with Gasteiger partial charge in [0.15, 0.2) is 0 Å². The summed E-state index contributed by atoms with van der Waals surface area (Å²) in [5, 5.41) is 3.50. The van der Waals surface area contributed by atoms with Crippen LogP contribution >= 0.6 is 0 Å². The Balaban J connectivity index is 2.60. The van der Waals surface area contributed by atoms with Gasteiger partial charge < -0.3 is 5.32 Å². The zero-order valence-electron chi connectivity index (χ0n) is 13.0. The van der Waals surface area contributed by atoms with Crippen molar-refractivity contribution in [3.63, 3.8) is 0 Å². The fraction of sp³-hybridized carbons (Fsp3) is 0.625. The Morgan fingerprint density at radius 1 is 1.15 bits per heavy atom. The Morgan fingerprint density at radius 2 is 1.75 bits per heavy atom. The minimum atomic E-state index is -2.86. The molecule has 4 heteroatoms. The Labute approximate surface area is 123 Å². The summed E-state index contributed by atoms with van der Waals surface area (Å²) in [4.78, 5) is 0. The average Bonchev–Trinajstić information content (AvgIpc) is 2.31. The van der Waals surface area contributed by atoms with E-state index in [1.165, 1.54) is 11.8 Å². The van der Waals surface area contributed by atoms with Gasteiger partial charge in [0.25, 0.3) is 0 Å². The van der Waals surface area contributed by atoms with Crippen LogP contribution in [0.1, 0.15) is 45.2 Å². The van der Waals surface area contributed by atoms with Crippen LogP contribution in [0, 0.1) is 5.41 Å². The molecule has 1 atom stereocenters. The first-order chi connectivity index (χ1) is 9.17. The van der Waals surface area contributed by atoms with Gasteiger partial charge in [-0.1, -0.05) is 51.1 Å². The van der Waals surface area contributed by atoms with Gasteiger partial charge in [-0.15, -0.1) is 0 Å². The van der Waals surface area contributed by atoms with Gasteiger partial charge in [-0.3, -0.25) is 0 Å². The fourth-order valence-electron chi connectivity index (χ4n) is 2.22. The molecule has 0 heterocycles. The summed E-state index contributed by atoms with van der Waals surface area (Å²) in [5.41, 5.74) is 1.49. The largest absolute Gasteiger partial charge is 0.310 e. The average molecular weight is 297 g/mol. The van der Waals surface area contributed by atoms with Crippen molar-refractivity contribution in [1.29, 1.82) is 0 Å². The van der Waals surface area contributed by atoms with Crippen molar-refractivity contribution >= 4 is 9.84 Å². The molecule has 1 N–H and O–H groups in total. The lowest BCUT2D eigenvalue weighted by Crippen LogP contribution is -2.27. The third-order valence-corrected chi connectivity index (χ3v) is 4.13. The highest BCUT2D eigenvalue weighted by atomic mass is 32.2. The van der Waals surface area contributed by atoms with E-state index in [1.54, 1.807) is 0 Å². The smallest absolute Gasteiger partial charge is 0.147 e. The van der Waals surface area contributed by atoms with E-state index in [0.717, 1.165) is 13.0 Å². The fourth-order valence-corrected chi connectivity index (χ4v) is 2.88. The maximum absolute atomic E-state index is 11.1. The Morgan fingerprint density at radius 3 is 2.25 bits per heavy atom. The minimum absolute atomic E-state index is 0.227. The highest BCUT2D eigenvalue weighted by Gasteiger charge is 2.19. The maximum Gasteiger partial charge on any atom is 0.147 e. The lowest BCUT2D eigenvalue weighted by Gasteiger charge is -2.27. The molecular formula is C16H27NO2S. The maximum atomic E-state index is 11.1. The van der Waals surface area contributed by atoms with Gasteiger partial charge >= 0.3 is 0 Å². The first-order valence-electron chi connectivity index (χ1n) is 7.13. The Bertz CT molecular complexity index is 489. The van der Waals surface area contributed by atoms with Gasteiger partial charge in [-0.2, -0.15) is 0 Å². The second-order valence-corrected chi connectivity index (χ2v) is 8.93. The summed E-state index contributed by atoms with van der Waals surface area (Å²) >= 11 is 0. The first-order valence-corrected chi connectivity index (χ1v) is 9.19. The molecule has 0 aliphatic rings. The van der Waals surface area contributed by atoms with E-state index >= 15 is 0 Å². The van der Waals surface area contributed by atoms with Crippen molar-refractivity contribution in [3.8, 4) is 0 Å². The van der Waals surface area contributed by atoms with E-state index in [4.69, 9.17) is 0 Å². The van der Waals surface area contributed by atoms with Crippen LogP contribution in [0.4, 0.5) is 0 Å². The molecule has 20 heavy (non-hydrogen) atoms. The number of hydrogen-bond donors (Lipinski definition) is 1. The van der Waals surface area contributed by atoms with E-state index in [1.807, 2.05) is 18.2 Å². The van der Waals surface area contributed by atoms with Crippen LogP contribution in [0.2, 0.25) is 0 Å². The monoisotopic (exact) mass is 297 g/mol. The first kappa shape index (κ1) is 17.2. The molecule has 0 saturated carbocycles. The van der Waals surface area contributed by atoms with Gasteiger partial charge in [-0.05, 0) is 30.4 Å². The topological polar surface area (TPSA) is 46.2 Å². The Hall–Kier alpha value is -0.870. The molecule has 0 bridgehead atoms. The molecule has 114 valence electrons. The van der Waals surface area contributed by atoms with E-state index in [2.05, 4.69) is 38.2 Å². The van der Waals surface area contributed by atoms with Crippen molar-refractivity contribution < 1.29 is 8.42 Å². The van der Waals surface area contributed by atoms with Crippen LogP contribution in [0.25, 0.3) is 0 Å². The van der Waals surface area contributed by atoms with E-state index in [0.29, 0.717) is 6.42 Å². The van der Waals surface area contributed by atoms with E-state index in [-0.39, 0.29) is 17.2 Å². The van der Waals surface area contributed by atoms with Gasteiger partial charge in [0.05, 0.1) is 5.75 Å². The van der Waals surface area contributed by atoms with Crippen LogP contribution in [0.3, 0.4) is 0 Å². The molecular weight excluding hydrogens is 270 g/mol. The molecule has 0 aliphatic heterocycles. The third-order valence-electron chi connectivity index (χ3n) is 3.10. The van der Waals surface area contributed by atoms with Gasteiger partial charge in [-0.25, -0.2) is 8.42 Å². The van der Waals surface area contributed by atoms with E-state index < -0.39 is 9.84 Å². The predicted octanol–water partition coefficient (Wildman–Crippen LogP) is 3.19. The summed E-state index contributed by atoms with van der Waals surface area (Å²) in [7, 11) is -2.86. The van der Waals surface area contributed by atoms with Crippen molar-refractivity contribution in [2.45, 2.75) is 39.7 Å². The summed E-state index contributed by atoms with van der Waals surface area (Å²) < 4.78 is 22.3. The standard InChI is InChI=1S/C16H27NO2S/c1-16(2,3)13-15(14-9-6-5-7-10-14)17-11-8-12-20(4,18)19/h5-7,9-10,15,17H,8,11-13H2,1-4H3. The molecule has 0 aromatic heterocycles. The number of nitrogens with one attached hydrogen (secondary N) is 1. The molecule has 1 aromatic carbocycles. The lowest BCUT2D eigenvalue weighted by atomic mass is 9.85. The van der Waals surface area contributed by atoms with Crippen LogP contribution in [0.15, 0.2) is 30.3 Å². The Kier molecular flexibility index (Phi) is 6.21. The van der Waals surface area contributed by atoms with Gasteiger partial charge in [0.1, 0.15) is 9.84 Å². The molecule has 1 rings (SSSR count). The normalized spacial score (nSPS) is 14.2. The molecule has 0 spiro atoms. The molecule has 0 saturated heterocycles. The molecule has 0 radical (unpaired) electrons. The number of hydrogen-bond acceptors (Lipinski definition) is 3. The molecule has 3 nitrogen and oxygen atoms in total. The van der Waals surface area contributed by atoms with Crippen molar-refractivity contribution in [2.24, 2.45) is 5.41 Å². The number of rotatable bonds is 7. The summed E-state index contributed by atoms with van der Waals surface area (Å²) in [5.74, 6) is 0.247. The molecule has 0 aliphatic carbocycles. The van der Waals surface area contributed by atoms with Crippen molar-refractivity contribution in [3.05, 3.63) is 35.9 Å². The van der Waals surface area contributed by atoms with Gasteiger partial charge in [0, 0.05) is 12.3 Å². The zero-order valence-corrected chi connectivity index (χ0v) is 13.8. The van der Waals surface area contributed by atoms with Crippen LogP contribution < -0.4 is 5.32 Å². The molecule has 0 fully saturated rings. The SMILES string of the molecule is CC(C)(C)CC(NCCCS(C)(=O)=O)c1ccccc1. The summed E-state index contributed by atoms with van der Waals surface area (Å²) in [6, 6.07) is 10.6. The number of benzene rings is 1. The van der Waals surface area contributed by atoms with Crippen LogP contribution in [0.5, 0.6) is 0 Å². The second kappa shape index (κ2) is 7.23. The van der Waals surface area contributed by atoms with Crippen molar-refractivity contribution in [2.75, 3.05) is 18.6 Å². The van der Waals surface area contributed by atoms with E-state index in [9.17, 15) is 8.42 Å². The minimum Gasteiger partial charge on any atom is -0.310 e. The highest BCUT2D eigenvalue weighted by molar-refractivity contribution is 7.90. The molecule has 1 unspecified atom stereocenters. The summed E-state index contributed by atoms with van der Waals surface area (Å²) in [6.07, 6.45) is 2.97. The van der Waals surface area contributed by atoms with Gasteiger partial charge in [0.2, 0.25) is 0 Å². The molecule has 1 aromatic rings. The quantitative estimate of drug-likeness (QED) is 0.786. The van der Waals surface area contributed by atoms with Crippen LogP contribution in [-0.2, 0) is 9.84 Å². The highest BCUT2D eigenvalue weighted by Crippen LogP contribution is 2.29. The summed E-state index contributed by atoms with van der Waals surface area (Å²) in [6.45, 7) is 7.39. The molecule has 0 amide bonds. The third kappa shape index (κ3) is 7.65. The number of sulfone groups is 1. The lowest BCUT2D eigenvalue weighted by molar-refractivity contribution is 0.311. The zero-order chi connectivity index (χ0) is 15.2. The van der Waals surface area contributed by atoms with Crippen molar-refractivity contribution in [1.82, 2.24) is 5.32 Å².